The Balaban J connectivity index is 2.54. The van der Waals surface area contributed by atoms with Crippen LogP contribution in [0.25, 0.3) is 0 Å². The Bertz CT molecular complexity index is 23.6. The van der Waals surface area contributed by atoms with E-state index in [4.69, 9.17) is 11.8 Å². The maximum absolute atomic E-state index is 5.21. The van der Waals surface area contributed by atoms with Gasteiger partial charge in [0, 0.05) is 22.7 Å². The predicted octanol–water partition coefficient (Wildman–Crippen LogP) is 1.77. The van der Waals surface area contributed by atoms with Crippen molar-refractivity contribution in [2.45, 2.75) is 6.92 Å². The zero-order chi connectivity index (χ0) is 4.28. The minimum atomic E-state index is 0.821. The molecule has 0 N–H and O–H groups in total. The van der Waals surface area contributed by atoms with Crippen molar-refractivity contribution < 1.29 is 0 Å². The molecule has 0 aliphatic rings. The molecule has 3 heteroatoms. The van der Waals surface area contributed by atoms with Crippen molar-refractivity contribution in [3.05, 3.63) is 0 Å². The van der Waals surface area contributed by atoms with Crippen LogP contribution in [0.2, 0.25) is 0 Å². The highest BCUT2D eigenvalue weighted by Gasteiger charge is 1.79. The van der Waals surface area contributed by atoms with Gasteiger partial charge in [-0.1, -0.05) is 6.92 Å². The van der Waals surface area contributed by atoms with Gasteiger partial charge < -0.3 is 0 Å². The van der Waals surface area contributed by atoms with Gasteiger partial charge in [0.1, 0.15) is 0 Å². The van der Waals surface area contributed by atoms with E-state index in [1.165, 1.54) is 3.45 Å². The molecule has 0 aromatic carbocycles. The molecule has 0 atom stereocenters. The zero-order valence-corrected chi connectivity index (χ0v) is 5.25. The van der Waals surface area contributed by atoms with Gasteiger partial charge >= 0.3 is 0 Å². The Morgan fingerprint density at radius 1 is 2.00 bits per heavy atom. The van der Waals surface area contributed by atoms with Crippen LogP contribution < -0.4 is 0 Å². The summed E-state index contributed by atoms with van der Waals surface area (Å²) < 4.78 is 1.41. The lowest BCUT2D eigenvalue weighted by atomic mass is 10.8. The van der Waals surface area contributed by atoms with E-state index in [0.717, 1.165) is 6.54 Å². The van der Waals surface area contributed by atoms with Crippen LogP contribution in [0.1, 0.15) is 6.92 Å². The maximum atomic E-state index is 5.21. The summed E-state index contributed by atoms with van der Waals surface area (Å²) in [6, 6.07) is 0. The first-order valence-electron chi connectivity index (χ1n) is 1.36. The molecule has 0 aliphatic heterocycles. The van der Waals surface area contributed by atoms with Gasteiger partial charge in [0.25, 0.3) is 0 Å². The molecule has 0 heterocycles. The van der Waals surface area contributed by atoms with Crippen molar-refractivity contribution in [1.29, 1.82) is 0 Å². The molecular weight excluding hydrogens is 153 g/mol. The molecule has 0 bridgehead atoms. The van der Waals surface area contributed by atoms with Crippen LogP contribution in [0, 0.1) is 0 Å². The summed E-state index contributed by atoms with van der Waals surface area (Å²) in [5.74, 6) is 0. The molecule has 0 saturated carbocycles. The van der Waals surface area contributed by atoms with Crippen molar-refractivity contribution in [2.24, 2.45) is 0 Å². The van der Waals surface area contributed by atoms with Crippen LogP contribution in [-0.2, 0) is 0 Å². The zero-order valence-electron chi connectivity index (χ0n) is 2.91. The van der Waals surface area contributed by atoms with Crippen molar-refractivity contribution in [3.8, 4) is 0 Å². The molecule has 0 amide bonds. The molecule has 32 valence electrons. The van der Waals surface area contributed by atoms with Crippen LogP contribution in [0.15, 0.2) is 0 Å². The van der Waals surface area contributed by atoms with Crippen molar-refractivity contribution in [2.75, 3.05) is 6.54 Å². The summed E-state index contributed by atoms with van der Waals surface area (Å²) in [6.45, 7) is 2.77. The van der Waals surface area contributed by atoms with E-state index in [1.54, 1.807) is 0 Å². The smallest absolute Gasteiger partial charge is 0.0289 e. The van der Waals surface area contributed by atoms with Crippen molar-refractivity contribution in [1.82, 2.24) is 3.45 Å². The molecule has 0 saturated heterocycles. The lowest BCUT2D eigenvalue weighted by Gasteiger charge is -1.91. The predicted molar refractivity (Wildman–Crippen MR) is 27.2 cm³/mol. The standard InChI is InChI=1S/C2H5BrClN/c1-2-5(3)4/h2H2,1H3. The van der Waals surface area contributed by atoms with Gasteiger partial charge in [-0.05, 0) is 11.8 Å². The average molecular weight is 158 g/mol. The number of rotatable bonds is 1. The van der Waals surface area contributed by atoms with Gasteiger partial charge in [0.2, 0.25) is 0 Å². The van der Waals surface area contributed by atoms with E-state index in [0.29, 0.717) is 0 Å². The van der Waals surface area contributed by atoms with Crippen LogP contribution in [-0.4, -0.2) is 9.99 Å². The second-order valence-electron chi connectivity index (χ2n) is 0.619. The molecule has 5 heavy (non-hydrogen) atoms. The molecule has 0 aromatic heterocycles. The molecule has 0 radical (unpaired) electrons. The molecule has 0 fully saturated rings. The molecule has 0 spiro atoms. The van der Waals surface area contributed by atoms with Crippen LogP contribution in [0.5, 0.6) is 0 Å². The quantitative estimate of drug-likeness (QED) is 0.526. The lowest BCUT2D eigenvalue weighted by Crippen LogP contribution is -1.90. The summed E-state index contributed by atoms with van der Waals surface area (Å²) in [7, 11) is 0. The normalized spacial score (nSPS) is 9.60. The Morgan fingerprint density at radius 3 is 2.20 bits per heavy atom. The highest BCUT2D eigenvalue weighted by molar-refractivity contribution is 9.08. The molecule has 0 rings (SSSR count). The molecule has 0 unspecified atom stereocenters. The van der Waals surface area contributed by atoms with E-state index in [2.05, 4.69) is 16.1 Å². The fraction of sp³-hybridized carbons (Fsp3) is 1.00. The third kappa shape index (κ3) is 4.73. The minimum absolute atomic E-state index is 0.821. The van der Waals surface area contributed by atoms with E-state index in [1.807, 2.05) is 6.92 Å². The van der Waals surface area contributed by atoms with Gasteiger partial charge in [-0.15, -0.1) is 0 Å². The van der Waals surface area contributed by atoms with E-state index < -0.39 is 0 Å². The molecule has 0 aromatic rings. The largest absolute Gasteiger partial charge is 0.155 e. The SMILES string of the molecule is CCN(Cl)Br. The number of hydrogen-bond donors (Lipinski definition) is 0. The van der Waals surface area contributed by atoms with Crippen molar-refractivity contribution >= 4 is 27.9 Å². The summed E-state index contributed by atoms with van der Waals surface area (Å²) in [4.78, 5) is 0. The average Bonchev–Trinajstić information content (AvgIpc) is 1.38. The fourth-order valence-corrected chi connectivity index (χ4v) is 0. The summed E-state index contributed by atoms with van der Waals surface area (Å²) in [5.41, 5.74) is 0. The number of nitrogens with zero attached hydrogens (tertiary/aromatic N) is 1. The Kier molecular flexibility index (Phi) is 3.37. The summed E-state index contributed by atoms with van der Waals surface area (Å²) >= 11 is 8.18. The highest BCUT2D eigenvalue weighted by Crippen LogP contribution is 1.97. The Morgan fingerprint density at radius 2 is 2.20 bits per heavy atom. The summed E-state index contributed by atoms with van der Waals surface area (Å²) in [6.07, 6.45) is 0. The molecule has 1 nitrogen and oxygen atoms in total. The van der Waals surface area contributed by atoms with Gasteiger partial charge in [-0.2, -0.15) is 3.45 Å². The summed E-state index contributed by atoms with van der Waals surface area (Å²) in [5, 5.41) is 0. The monoisotopic (exact) mass is 157 g/mol. The molecular formula is C2H5BrClN. The maximum Gasteiger partial charge on any atom is 0.0289 e. The van der Waals surface area contributed by atoms with E-state index in [-0.39, 0.29) is 0 Å². The second kappa shape index (κ2) is 2.94. The Labute approximate surface area is 45.4 Å². The van der Waals surface area contributed by atoms with Crippen LogP contribution >= 0.6 is 27.9 Å². The van der Waals surface area contributed by atoms with Gasteiger partial charge in [0.15, 0.2) is 0 Å². The van der Waals surface area contributed by atoms with Gasteiger partial charge in [-0.25, -0.2) is 0 Å². The fourth-order valence-electron chi connectivity index (χ4n) is 0. The Hall–Kier alpha value is 0.730. The van der Waals surface area contributed by atoms with Crippen LogP contribution in [0.4, 0.5) is 0 Å². The third-order valence-electron chi connectivity index (χ3n) is 0.239. The minimum Gasteiger partial charge on any atom is -0.155 e. The topological polar surface area (TPSA) is 3.24 Å². The third-order valence-corrected chi connectivity index (χ3v) is 0.980. The number of hydrogen-bond acceptors (Lipinski definition) is 1. The lowest BCUT2D eigenvalue weighted by molar-refractivity contribution is 0.793. The number of halogens is 2. The van der Waals surface area contributed by atoms with Crippen molar-refractivity contribution in [3.63, 3.8) is 0 Å². The second-order valence-corrected chi connectivity index (χ2v) is 2.29. The van der Waals surface area contributed by atoms with Gasteiger partial charge in [0.05, 0.1) is 0 Å². The first-order valence-corrected chi connectivity index (χ1v) is 2.41. The first-order chi connectivity index (χ1) is 2.27. The first kappa shape index (κ1) is 5.73. The highest BCUT2D eigenvalue weighted by atomic mass is 79.9. The van der Waals surface area contributed by atoms with E-state index >= 15 is 0 Å². The van der Waals surface area contributed by atoms with Crippen LogP contribution in [0.3, 0.4) is 0 Å². The molecule has 0 aliphatic carbocycles. The van der Waals surface area contributed by atoms with Gasteiger partial charge in [-0.3, -0.25) is 0 Å². The van der Waals surface area contributed by atoms with E-state index in [9.17, 15) is 0 Å².